The molecule has 1 N–H and O–H groups in total. The number of nitrogens with one attached hydrogen (secondary N) is 1. The SMILES string of the molecule is O=C(Nc1nc2ccccc2s1)N1CCc2ccccc2C1. The Morgan fingerprint density at radius 2 is 1.86 bits per heavy atom. The van der Waals surface area contributed by atoms with Crippen molar-refractivity contribution < 1.29 is 4.79 Å². The van der Waals surface area contributed by atoms with E-state index in [0.717, 1.165) is 23.2 Å². The van der Waals surface area contributed by atoms with Gasteiger partial charge in [0.05, 0.1) is 10.2 Å². The standard InChI is InChI=1S/C17H15N3OS/c21-17(19-16-18-14-7-3-4-8-15(14)22-16)20-10-9-12-5-1-2-6-13(12)11-20/h1-8H,9-11H2,(H,18,19,21). The summed E-state index contributed by atoms with van der Waals surface area (Å²) in [6, 6.07) is 16.1. The van der Waals surface area contributed by atoms with Crippen LogP contribution in [0.1, 0.15) is 11.1 Å². The average Bonchev–Trinajstić information content (AvgIpc) is 2.96. The largest absolute Gasteiger partial charge is 0.323 e. The van der Waals surface area contributed by atoms with Gasteiger partial charge in [0.1, 0.15) is 0 Å². The molecule has 2 heterocycles. The van der Waals surface area contributed by atoms with E-state index >= 15 is 0 Å². The molecule has 0 atom stereocenters. The highest BCUT2D eigenvalue weighted by molar-refractivity contribution is 7.22. The topological polar surface area (TPSA) is 45.2 Å². The van der Waals surface area contributed by atoms with Gasteiger partial charge in [0.25, 0.3) is 0 Å². The minimum absolute atomic E-state index is 0.0754. The second kappa shape index (κ2) is 5.42. The van der Waals surface area contributed by atoms with Crippen LogP contribution >= 0.6 is 11.3 Å². The second-order valence-corrected chi connectivity index (χ2v) is 6.39. The number of urea groups is 1. The van der Waals surface area contributed by atoms with Crippen LogP contribution in [-0.4, -0.2) is 22.5 Å². The van der Waals surface area contributed by atoms with Crippen LogP contribution in [0.15, 0.2) is 48.5 Å². The van der Waals surface area contributed by atoms with E-state index in [2.05, 4.69) is 28.5 Å². The lowest BCUT2D eigenvalue weighted by molar-refractivity contribution is 0.206. The van der Waals surface area contributed by atoms with Crippen LogP contribution in [0.3, 0.4) is 0 Å². The molecule has 0 bridgehead atoms. The first-order valence-corrected chi connectivity index (χ1v) is 8.09. The van der Waals surface area contributed by atoms with E-state index in [9.17, 15) is 4.79 Å². The minimum atomic E-state index is -0.0754. The number of aromatic nitrogens is 1. The van der Waals surface area contributed by atoms with Gasteiger partial charge >= 0.3 is 6.03 Å². The van der Waals surface area contributed by atoms with Crippen LogP contribution in [0, 0.1) is 0 Å². The summed E-state index contributed by atoms with van der Waals surface area (Å²) in [7, 11) is 0. The lowest BCUT2D eigenvalue weighted by Gasteiger charge is -2.28. The van der Waals surface area contributed by atoms with Gasteiger partial charge in [0, 0.05) is 13.1 Å². The molecule has 1 aromatic heterocycles. The fraction of sp³-hybridized carbons (Fsp3) is 0.176. The van der Waals surface area contributed by atoms with E-state index in [4.69, 9.17) is 0 Å². The molecule has 0 radical (unpaired) electrons. The maximum absolute atomic E-state index is 12.4. The third-order valence-electron chi connectivity index (χ3n) is 3.93. The van der Waals surface area contributed by atoms with E-state index in [1.807, 2.05) is 35.2 Å². The molecule has 2 aromatic carbocycles. The van der Waals surface area contributed by atoms with Gasteiger partial charge in [-0.15, -0.1) is 0 Å². The number of carbonyl (C=O) groups is 1. The Balaban J connectivity index is 1.51. The highest BCUT2D eigenvalue weighted by Crippen LogP contribution is 2.26. The van der Waals surface area contributed by atoms with Gasteiger partial charge in [-0.3, -0.25) is 5.32 Å². The van der Waals surface area contributed by atoms with Crippen LogP contribution in [-0.2, 0) is 13.0 Å². The Kier molecular flexibility index (Phi) is 3.27. The van der Waals surface area contributed by atoms with Crippen LogP contribution < -0.4 is 5.32 Å². The van der Waals surface area contributed by atoms with Gasteiger partial charge in [0.15, 0.2) is 5.13 Å². The number of fused-ring (bicyclic) bond motifs is 2. The van der Waals surface area contributed by atoms with Crippen molar-refractivity contribution in [3.05, 3.63) is 59.7 Å². The first-order valence-electron chi connectivity index (χ1n) is 7.28. The van der Waals surface area contributed by atoms with Crippen molar-refractivity contribution >= 4 is 32.7 Å². The smallest absolute Gasteiger partial charge is 0.320 e. The lowest BCUT2D eigenvalue weighted by Crippen LogP contribution is -2.38. The zero-order valence-electron chi connectivity index (χ0n) is 12.0. The third-order valence-corrected chi connectivity index (χ3v) is 4.88. The van der Waals surface area contributed by atoms with Gasteiger partial charge < -0.3 is 4.90 Å². The number of amides is 2. The number of hydrogen-bond acceptors (Lipinski definition) is 3. The van der Waals surface area contributed by atoms with E-state index in [1.165, 1.54) is 22.5 Å². The number of anilines is 1. The Hall–Kier alpha value is -2.40. The monoisotopic (exact) mass is 309 g/mol. The molecule has 0 unspecified atom stereocenters. The predicted octanol–water partition coefficient (Wildman–Crippen LogP) is 3.89. The molecule has 0 fully saturated rings. The van der Waals surface area contributed by atoms with E-state index in [0.29, 0.717) is 11.7 Å². The Morgan fingerprint density at radius 1 is 1.09 bits per heavy atom. The zero-order chi connectivity index (χ0) is 14.9. The number of para-hydroxylation sites is 1. The van der Waals surface area contributed by atoms with Crippen molar-refractivity contribution in [1.82, 2.24) is 9.88 Å². The quantitative estimate of drug-likeness (QED) is 0.741. The molecular formula is C17H15N3OS. The van der Waals surface area contributed by atoms with E-state index < -0.39 is 0 Å². The number of rotatable bonds is 1. The van der Waals surface area contributed by atoms with Crippen molar-refractivity contribution in [1.29, 1.82) is 0 Å². The maximum Gasteiger partial charge on any atom is 0.323 e. The molecule has 2 amide bonds. The summed E-state index contributed by atoms with van der Waals surface area (Å²) < 4.78 is 1.08. The molecule has 110 valence electrons. The molecule has 0 aliphatic carbocycles. The van der Waals surface area contributed by atoms with Crippen LogP contribution in [0.4, 0.5) is 9.93 Å². The van der Waals surface area contributed by atoms with Crippen molar-refractivity contribution in [2.75, 3.05) is 11.9 Å². The van der Waals surface area contributed by atoms with Crippen molar-refractivity contribution in [3.8, 4) is 0 Å². The average molecular weight is 309 g/mol. The van der Waals surface area contributed by atoms with Crippen LogP contribution in [0.5, 0.6) is 0 Å². The summed E-state index contributed by atoms with van der Waals surface area (Å²) >= 11 is 1.51. The predicted molar refractivity (Wildman–Crippen MR) is 89.2 cm³/mol. The molecule has 22 heavy (non-hydrogen) atoms. The summed E-state index contributed by atoms with van der Waals surface area (Å²) in [6.07, 6.45) is 0.906. The molecule has 3 aromatic rings. The first-order chi connectivity index (χ1) is 10.8. The molecular weight excluding hydrogens is 294 g/mol. The highest BCUT2D eigenvalue weighted by Gasteiger charge is 2.21. The molecule has 0 saturated heterocycles. The summed E-state index contributed by atoms with van der Waals surface area (Å²) in [5, 5.41) is 3.58. The number of thiazole rings is 1. The van der Waals surface area contributed by atoms with Crippen molar-refractivity contribution in [3.63, 3.8) is 0 Å². The second-order valence-electron chi connectivity index (χ2n) is 5.36. The van der Waals surface area contributed by atoms with Crippen LogP contribution in [0.2, 0.25) is 0 Å². The Bertz CT molecular complexity index is 810. The molecule has 0 saturated carbocycles. The maximum atomic E-state index is 12.4. The number of hydrogen-bond donors (Lipinski definition) is 1. The van der Waals surface area contributed by atoms with Gasteiger partial charge in [-0.1, -0.05) is 47.7 Å². The normalized spacial score (nSPS) is 13.9. The number of nitrogens with zero attached hydrogens (tertiary/aromatic N) is 2. The molecule has 1 aliphatic rings. The summed E-state index contributed by atoms with van der Waals surface area (Å²) in [5.74, 6) is 0. The summed E-state index contributed by atoms with van der Waals surface area (Å²) in [5.41, 5.74) is 3.49. The minimum Gasteiger partial charge on any atom is -0.320 e. The molecule has 4 nitrogen and oxygen atoms in total. The van der Waals surface area contributed by atoms with E-state index in [-0.39, 0.29) is 6.03 Å². The van der Waals surface area contributed by atoms with Gasteiger partial charge in [-0.2, -0.15) is 0 Å². The number of carbonyl (C=O) groups excluding carboxylic acids is 1. The molecule has 1 aliphatic heterocycles. The third kappa shape index (κ3) is 2.44. The van der Waals surface area contributed by atoms with Gasteiger partial charge in [0.2, 0.25) is 0 Å². The van der Waals surface area contributed by atoms with Gasteiger partial charge in [-0.05, 0) is 29.7 Å². The van der Waals surface area contributed by atoms with Crippen molar-refractivity contribution in [2.45, 2.75) is 13.0 Å². The molecule has 0 spiro atoms. The van der Waals surface area contributed by atoms with Crippen LogP contribution in [0.25, 0.3) is 10.2 Å². The van der Waals surface area contributed by atoms with E-state index in [1.54, 1.807) is 0 Å². The van der Waals surface area contributed by atoms with Gasteiger partial charge in [-0.25, -0.2) is 9.78 Å². The summed E-state index contributed by atoms with van der Waals surface area (Å²) in [4.78, 5) is 18.7. The zero-order valence-corrected chi connectivity index (χ0v) is 12.8. The number of benzene rings is 2. The van der Waals surface area contributed by atoms with Crippen molar-refractivity contribution in [2.24, 2.45) is 0 Å². The highest BCUT2D eigenvalue weighted by atomic mass is 32.1. The Labute approximate surface area is 132 Å². The first kappa shape index (κ1) is 13.3. The summed E-state index contributed by atoms with van der Waals surface area (Å²) in [6.45, 7) is 1.40. The molecule has 5 heteroatoms. The lowest BCUT2D eigenvalue weighted by atomic mass is 10.0. The fourth-order valence-electron chi connectivity index (χ4n) is 2.77. The molecule has 4 rings (SSSR count). The fourth-order valence-corrected chi connectivity index (χ4v) is 3.62. The Morgan fingerprint density at radius 3 is 2.73 bits per heavy atom.